The van der Waals surface area contributed by atoms with Crippen molar-refractivity contribution in [1.29, 1.82) is 0 Å². The van der Waals surface area contributed by atoms with Crippen LogP contribution in [0, 0.1) is 0 Å². The van der Waals surface area contributed by atoms with Gasteiger partial charge in [-0.1, -0.05) is 0 Å². The van der Waals surface area contributed by atoms with Gasteiger partial charge in [-0.2, -0.15) is 0 Å². The molecule has 1 atom stereocenters. The maximum Gasteiger partial charge on any atom is 0.147 e. The summed E-state index contributed by atoms with van der Waals surface area (Å²) in [6, 6.07) is 3.51. The Labute approximate surface area is 129 Å². The van der Waals surface area contributed by atoms with E-state index in [2.05, 4.69) is 31.9 Å². The molecule has 0 fully saturated rings. The highest BCUT2D eigenvalue weighted by molar-refractivity contribution is 9.11. The molecule has 1 aromatic rings. The summed E-state index contributed by atoms with van der Waals surface area (Å²) in [5.41, 5.74) is 6.82. The monoisotopic (exact) mass is 403 g/mol. The fourth-order valence-corrected chi connectivity index (χ4v) is 2.84. The molecule has 1 unspecified atom stereocenters. The van der Waals surface area contributed by atoms with Crippen LogP contribution in [-0.2, 0) is 0 Å². The number of ether oxygens (including phenoxy) is 1. The average Bonchev–Trinajstić information content (AvgIpc) is 2.28. The van der Waals surface area contributed by atoms with E-state index in [0.717, 1.165) is 14.5 Å². The van der Waals surface area contributed by atoms with Crippen LogP contribution in [0.3, 0.4) is 0 Å². The molecule has 1 aromatic carbocycles. The molecular formula is C11H16Br2ClNO3. The van der Waals surface area contributed by atoms with Gasteiger partial charge in [0.1, 0.15) is 12.4 Å². The lowest BCUT2D eigenvalue weighted by atomic mass is 10.1. The molecule has 4 nitrogen and oxygen atoms in total. The molecule has 0 aromatic heterocycles. The van der Waals surface area contributed by atoms with Gasteiger partial charge in [0.05, 0.1) is 15.6 Å². The molecule has 1 rings (SSSR count). The number of aliphatic hydroxyl groups is 2. The Balaban J connectivity index is 0.00000289. The van der Waals surface area contributed by atoms with Crippen molar-refractivity contribution < 1.29 is 14.9 Å². The maximum atomic E-state index is 8.85. The third kappa shape index (κ3) is 5.03. The van der Waals surface area contributed by atoms with E-state index in [1.54, 1.807) is 0 Å². The minimum absolute atomic E-state index is 0. The lowest BCUT2D eigenvalue weighted by molar-refractivity contribution is 0.200. The second-order valence-electron chi connectivity index (χ2n) is 3.50. The van der Waals surface area contributed by atoms with E-state index >= 15 is 0 Å². The molecule has 0 spiro atoms. The predicted molar refractivity (Wildman–Crippen MR) is 80.3 cm³/mol. The van der Waals surface area contributed by atoms with Crippen LogP contribution >= 0.6 is 44.3 Å². The van der Waals surface area contributed by atoms with E-state index < -0.39 is 0 Å². The zero-order valence-corrected chi connectivity index (χ0v) is 13.6. The summed E-state index contributed by atoms with van der Waals surface area (Å²) in [4.78, 5) is 0. The Morgan fingerprint density at radius 1 is 1.17 bits per heavy atom. The van der Waals surface area contributed by atoms with Gasteiger partial charge in [-0.3, -0.25) is 0 Å². The molecule has 0 bridgehead atoms. The Morgan fingerprint density at radius 2 is 1.72 bits per heavy atom. The summed E-state index contributed by atoms with van der Waals surface area (Å²) in [5, 5.41) is 17.6. The van der Waals surface area contributed by atoms with E-state index in [-0.39, 0.29) is 38.3 Å². The molecule has 104 valence electrons. The van der Waals surface area contributed by atoms with Crippen molar-refractivity contribution in [2.24, 2.45) is 5.73 Å². The number of aliphatic hydroxyl groups excluding tert-OH is 2. The van der Waals surface area contributed by atoms with Gasteiger partial charge in [-0.25, -0.2) is 0 Å². The van der Waals surface area contributed by atoms with E-state index in [9.17, 15) is 0 Å². The second-order valence-corrected chi connectivity index (χ2v) is 5.21. The molecule has 0 radical (unpaired) electrons. The van der Waals surface area contributed by atoms with Crippen molar-refractivity contribution in [3.63, 3.8) is 0 Å². The molecule has 18 heavy (non-hydrogen) atoms. The van der Waals surface area contributed by atoms with Crippen molar-refractivity contribution in [2.45, 2.75) is 12.5 Å². The smallest absolute Gasteiger partial charge is 0.147 e. The van der Waals surface area contributed by atoms with Gasteiger partial charge in [-0.15, -0.1) is 12.4 Å². The van der Waals surface area contributed by atoms with Gasteiger partial charge in [-0.05, 0) is 56.0 Å². The zero-order valence-electron chi connectivity index (χ0n) is 9.60. The maximum absolute atomic E-state index is 8.85. The minimum Gasteiger partial charge on any atom is -0.489 e. The number of halogens is 3. The Hall–Kier alpha value is 0.150. The molecule has 4 N–H and O–H groups in total. The zero-order chi connectivity index (χ0) is 12.8. The van der Waals surface area contributed by atoms with Crippen molar-refractivity contribution in [1.82, 2.24) is 0 Å². The average molecular weight is 406 g/mol. The van der Waals surface area contributed by atoms with E-state index in [0.29, 0.717) is 12.2 Å². The Morgan fingerprint density at radius 3 is 2.17 bits per heavy atom. The van der Waals surface area contributed by atoms with E-state index in [1.807, 2.05) is 12.1 Å². The molecule has 0 aliphatic rings. The predicted octanol–water partition coefficient (Wildman–Crippen LogP) is 2.39. The summed E-state index contributed by atoms with van der Waals surface area (Å²) in [6.45, 7) is 0.253. The van der Waals surface area contributed by atoms with Crippen LogP contribution < -0.4 is 10.5 Å². The van der Waals surface area contributed by atoms with E-state index in [4.69, 9.17) is 20.7 Å². The van der Waals surface area contributed by atoms with Gasteiger partial charge < -0.3 is 20.7 Å². The van der Waals surface area contributed by atoms with Crippen LogP contribution in [0.5, 0.6) is 5.75 Å². The number of rotatable bonds is 6. The molecule has 7 heteroatoms. The fraction of sp³-hybridized carbons (Fsp3) is 0.455. The summed E-state index contributed by atoms with van der Waals surface area (Å²) < 4.78 is 6.91. The molecule has 0 amide bonds. The summed E-state index contributed by atoms with van der Waals surface area (Å²) in [5.74, 6) is 0.638. The quantitative estimate of drug-likeness (QED) is 0.679. The highest BCUT2D eigenvalue weighted by Gasteiger charge is 2.12. The number of benzene rings is 1. The highest BCUT2D eigenvalue weighted by atomic mass is 79.9. The number of nitrogens with two attached hydrogens (primary N) is 1. The van der Waals surface area contributed by atoms with Crippen LogP contribution in [0.25, 0.3) is 0 Å². The SMILES string of the molecule is Cl.NC(CCO)c1cc(Br)c(OCCO)c(Br)c1. The van der Waals surface area contributed by atoms with Crippen molar-refractivity contribution in [3.8, 4) is 5.75 Å². The van der Waals surface area contributed by atoms with Crippen molar-refractivity contribution in [3.05, 3.63) is 26.6 Å². The number of hydrogen-bond acceptors (Lipinski definition) is 4. The summed E-state index contributed by atoms with van der Waals surface area (Å²) in [7, 11) is 0. The van der Waals surface area contributed by atoms with Gasteiger partial charge in [0, 0.05) is 12.6 Å². The summed E-state index contributed by atoms with van der Waals surface area (Å²) in [6.07, 6.45) is 0.510. The first-order valence-electron chi connectivity index (χ1n) is 5.19. The van der Waals surface area contributed by atoms with Gasteiger partial charge in [0.2, 0.25) is 0 Å². The van der Waals surface area contributed by atoms with Crippen LogP contribution in [0.2, 0.25) is 0 Å². The van der Waals surface area contributed by atoms with Crippen LogP contribution in [0.15, 0.2) is 21.1 Å². The Kier molecular flexibility index (Phi) is 9.19. The topological polar surface area (TPSA) is 75.7 Å². The fourth-order valence-electron chi connectivity index (χ4n) is 1.38. The van der Waals surface area contributed by atoms with Gasteiger partial charge >= 0.3 is 0 Å². The first-order chi connectivity index (χ1) is 8.10. The lowest BCUT2D eigenvalue weighted by Crippen LogP contribution is -2.12. The van der Waals surface area contributed by atoms with Crippen LogP contribution in [-0.4, -0.2) is 30.0 Å². The van der Waals surface area contributed by atoms with Gasteiger partial charge in [0.15, 0.2) is 0 Å². The largest absolute Gasteiger partial charge is 0.489 e. The molecular weight excluding hydrogens is 389 g/mol. The van der Waals surface area contributed by atoms with Crippen LogP contribution in [0.4, 0.5) is 0 Å². The van der Waals surface area contributed by atoms with Crippen LogP contribution in [0.1, 0.15) is 18.0 Å². The first kappa shape index (κ1) is 18.1. The third-order valence-electron chi connectivity index (χ3n) is 2.23. The second kappa shape index (κ2) is 9.12. The molecule has 0 saturated heterocycles. The standard InChI is InChI=1S/C11H15Br2NO3.ClH/c12-8-5-7(10(14)1-2-15)6-9(13)11(8)17-4-3-16;/h5-6,10,15-16H,1-4,14H2;1H. The summed E-state index contributed by atoms with van der Waals surface area (Å²) >= 11 is 6.79. The number of hydrogen-bond donors (Lipinski definition) is 3. The van der Waals surface area contributed by atoms with Crippen molar-refractivity contribution in [2.75, 3.05) is 19.8 Å². The highest BCUT2D eigenvalue weighted by Crippen LogP contribution is 2.36. The molecule has 0 aliphatic heterocycles. The normalized spacial score (nSPS) is 11.8. The van der Waals surface area contributed by atoms with Crippen molar-refractivity contribution >= 4 is 44.3 Å². The third-order valence-corrected chi connectivity index (χ3v) is 3.40. The lowest BCUT2D eigenvalue weighted by Gasteiger charge is -2.15. The molecule has 0 saturated carbocycles. The molecule has 0 heterocycles. The molecule has 0 aliphatic carbocycles. The Bertz CT molecular complexity index is 356. The minimum atomic E-state index is -0.209. The van der Waals surface area contributed by atoms with Gasteiger partial charge in [0.25, 0.3) is 0 Å². The van der Waals surface area contributed by atoms with E-state index in [1.165, 1.54) is 0 Å². The first-order valence-corrected chi connectivity index (χ1v) is 6.77.